The fourth-order valence-electron chi connectivity index (χ4n) is 1.36. The second-order valence-corrected chi connectivity index (χ2v) is 3.00. The van der Waals surface area contributed by atoms with Gasteiger partial charge in [0.25, 0.3) is 0 Å². The van der Waals surface area contributed by atoms with E-state index in [4.69, 9.17) is 0 Å². The van der Waals surface area contributed by atoms with Crippen LogP contribution in [0.4, 0.5) is 0 Å². The summed E-state index contributed by atoms with van der Waals surface area (Å²) in [4.78, 5) is 0. The molecule has 2 rings (SSSR count). The van der Waals surface area contributed by atoms with Gasteiger partial charge in [-0.1, -0.05) is 48.5 Å². The van der Waals surface area contributed by atoms with Crippen LogP contribution in [0, 0.1) is 0 Å². The number of benzene rings is 2. The second-order valence-electron chi connectivity index (χ2n) is 3.00. The molecule has 0 aliphatic rings. The van der Waals surface area contributed by atoms with Crippen LogP contribution >= 0.6 is 0 Å². The SMILES string of the molecule is [Li+].[Li+].[O-]c1cccc(-c2ccccc2)c1[O-]. The molecule has 0 spiro atoms. The van der Waals surface area contributed by atoms with Gasteiger partial charge < -0.3 is 10.2 Å². The Morgan fingerprint density at radius 3 is 1.94 bits per heavy atom. The molecule has 0 saturated heterocycles. The van der Waals surface area contributed by atoms with E-state index in [0.717, 1.165) is 5.56 Å². The summed E-state index contributed by atoms with van der Waals surface area (Å²) < 4.78 is 0. The summed E-state index contributed by atoms with van der Waals surface area (Å²) in [5.74, 6) is -0.884. The van der Waals surface area contributed by atoms with Crippen molar-refractivity contribution in [1.29, 1.82) is 0 Å². The molecule has 0 unspecified atom stereocenters. The van der Waals surface area contributed by atoms with Gasteiger partial charge in [-0.3, -0.25) is 0 Å². The first kappa shape index (κ1) is 15.2. The van der Waals surface area contributed by atoms with Crippen LogP contribution in [0.5, 0.6) is 11.5 Å². The summed E-state index contributed by atoms with van der Waals surface area (Å²) in [7, 11) is 0. The Hall–Kier alpha value is -0.765. The Morgan fingerprint density at radius 2 is 1.31 bits per heavy atom. The van der Waals surface area contributed by atoms with E-state index in [1.807, 2.05) is 30.3 Å². The van der Waals surface area contributed by atoms with E-state index in [2.05, 4.69) is 0 Å². The minimum Gasteiger partial charge on any atom is -0.873 e. The van der Waals surface area contributed by atoms with Crippen molar-refractivity contribution in [2.75, 3.05) is 0 Å². The van der Waals surface area contributed by atoms with Gasteiger partial charge >= 0.3 is 37.7 Å². The minimum absolute atomic E-state index is 0. The monoisotopic (exact) mass is 198 g/mol. The zero-order valence-electron chi connectivity index (χ0n) is 9.44. The molecule has 2 nitrogen and oxygen atoms in total. The molecule has 0 saturated carbocycles. The van der Waals surface area contributed by atoms with Crippen LogP contribution in [0.15, 0.2) is 48.5 Å². The average molecular weight is 198 g/mol. The molecule has 2 aromatic rings. The van der Waals surface area contributed by atoms with Gasteiger partial charge in [-0.25, -0.2) is 0 Å². The van der Waals surface area contributed by atoms with Crippen molar-refractivity contribution in [1.82, 2.24) is 0 Å². The van der Waals surface area contributed by atoms with Gasteiger partial charge in [0.1, 0.15) is 0 Å². The molecule has 0 aromatic heterocycles. The molecule has 0 N–H and O–H groups in total. The normalized spacial score (nSPS) is 8.75. The van der Waals surface area contributed by atoms with Crippen molar-refractivity contribution in [3.63, 3.8) is 0 Å². The van der Waals surface area contributed by atoms with Crippen molar-refractivity contribution in [2.45, 2.75) is 0 Å². The number of hydrogen-bond acceptors (Lipinski definition) is 2. The molecular weight excluding hydrogens is 190 g/mol. The predicted octanol–water partition coefficient (Wildman–Crippen LogP) is -4.49. The molecule has 0 atom stereocenters. The predicted molar refractivity (Wildman–Crippen MR) is 50.8 cm³/mol. The van der Waals surface area contributed by atoms with Gasteiger partial charge in [0.15, 0.2) is 0 Å². The molecule has 0 aliphatic carbocycles. The number of para-hydroxylation sites is 1. The molecule has 0 bridgehead atoms. The van der Waals surface area contributed by atoms with Gasteiger partial charge in [-0.05, 0) is 11.1 Å². The fraction of sp³-hybridized carbons (Fsp3) is 0. The Morgan fingerprint density at radius 1 is 0.688 bits per heavy atom. The molecule has 0 amide bonds. The second kappa shape index (κ2) is 6.74. The molecule has 16 heavy (non-hydrogen) atoms. The third kappa shape index (κ3) is 3.11. The molecule has 0 radical (unpaired) electrons. The third-order valence-electron chi connectivity index (χ3n) is 2.06. The van der Waals surface area contributed by atoms with E-state index in [0.29, 0.717) is 5.56 Å². The molecule has 0 heterocycles. The van der Waals surface area contributed by atoms with Crippen LogP contribution in [0.25, 0.3) is 11.1 Å². The number of hydrogen-bond donors (Lipinski definition) is 0. The molecule has 0 aliphatic heterocycles. The van der Waals surface area contributed by atoms with Crippen LogP contribution in [-0.4, -0.2) is 0 Å². The Balaban J connectivity index is 0.00000112. The van der Waals surface area contributed by atoms with E-state index in [1.54, 1.807) is 12.1 Å². The summed E-state index contributed by atoms with van der Waals surface area (Å²) in [5.41, 5.74) is 1.26. The summed E-state index contributed by atoms with van der Waals surface area (Å²) in [6.45, 7) is 0. The Kier molecular flexibility index (Phi) is 6.42. The van der Waals surface area contributed by atoms with E-state index in [1.165, 1.54) is 6.07 Å². The molecule has 70 valence electrons. The average Bonchev–Trinajstić information content (AvgIpc) is 2.23. The topological polar surface area (TPSA) is 46.1 Å². The van der Waals surface area contributed by atoms with Crippen molar-refractivity contribution < 1.29 is 47.9 Å². The minimum atomic E-state index is -0.452. The maximum absolute atomic E-state index is 11.5. The van der Waals surface area contributed by atoms with Crippen molar-refractivity contribution in [2.24, 2.45) is 0 Å². The van der Waals surface area contributed by atoms with Gasteiger partial charge in [0, 0.05) is 0 Å². The summed E-state index contributed by atoms with van der Waals surface area (Å²) >= 11 is 0. The Bertz CT molecular complexity index is 444. The van der Waals surface area contributed by atoms with Gasteiger partial charge in [0.2, 0.25) is 0 Å². The number of rotatable bonds is 1. The third-order valence-corrected chi connectivity index (χ3v) is 2.06. The van der Waals surface area contributed by atoms with Crippen LogP contribution in [0.2, 0.25) is 0 Å². The van der Waals surface area contributed by atoms with Crippen LogP contribution in [0.1, 0.15) is 0 Å². The van der Waals surface area contributed by atoms with E-state index < -0.39 is 11.5 Å². The maximum atomic E-state index is 11.5. The fourth-order valence-corrected chi connectivity index (χ4v) is 1.36. The van der Waals surface area contributed by atoms with Gasteiger partial charge in [-0.15, -0.1) is 11.5 Å². The van der Waals surface area contributed by atoms with E-state index >= 15 is 0 Å². The van der Waals surface area contributed by atoms with Crippen molar-refractivity contribution in [3.05, 3.63) is 48.5 Å². The summed E-state index contributed by atoms with van der Waals surface area (Å²) in [5, 5.41) is 22.6. The van der Waals surface area contributed by atoms with Crippen molar-refractivity contribution >= 4 is 0 Å². The zero-order chi connectivity index (χ0) is 9.97. The maximum Gasteiger partial charge on any atom is 1.00 e. The van der Waals surface area contributed by atoms with Crippen LogP contribution in [0.3, 0.4) is 0 Å². The first-order chi connectivity index (χ1) is 6.79. The molecule has 2 aromatic carbocycles. The van der Waals surface area contributed by atoms with Crippen LogP contribution < -0.4 is 47.9 Å². The van der Waals surface area contributed by atoms with Gasteiger partial charge in [0.05, 0.1) is 0 Å². The first-order valence-electron chi connectivity index (χ1n) is 4.31. The summed E-state index contributed by atoms with van der Waals surface area (Å²) in [6, 6.07) is 13.7. The van der Waals surface area contributed by atoms with Gasteiger partial charge in [-0.2, -0.15) is 0 Å². The largest absolute Gasteiger partial charge is 1.00 e. The van der Waals surface area contributed by atoms with Crippen molar-refractivity contribution in [3.8, 4) is 22.6 Å². The standard InChI is InChI=1S/C12H10O2.2Li/c13-11-8-4-7-10(12(11)14)9-5-2-1-3-6-9;;/h1-8,13-14H;;/q;2*+1/p-2. The zero-order valence-corrected chi connectivity index (χ0v) is 9.44. The first-order valence-corrected chi connectivity index (χ1v) is 4.31. The summed E-state index contributed by atoms with van der Waals surface area (Å²) in [6.07, 6.45) is 0. The van der Waals surface area contributed by atoms with E-state index in [-0.39, 0.29) is 37.7 Å². The quantitative estimate of drug-likeness (QED) is 0.434. The van der Waals surface area contributed by atoms with Crippen LogP contribution in [-0.2, 0) is 0 Å². The molecular formula is C12H8Li2O2. The smallest absolute Gasteiger partial charge is 0.873 e. The van der Waals surface area contributed by atoms with E-state index in [9.17, 15) is 10.2 Å². The molecule has 4 heteroatoms. The Labute approximate surface area is 119 Å². The molecule has 0 fully saturated rings.